The SMILES string of the molecule is COc1cc(OC)c([I-]c2ccc(C(C)(C)C)cc2)c(OC)c1. The Labute approximate surface area is 149 Å². The van der Waals surface area contributed by atoms with E-state index in [0.29, 0.717) is 0 Å². The summed E-state index contributed by atoms with van der Waals surface area (Å²) in [6, 6.07) is 12.7. The van der Waals surface area contributed by atoms with Gasteiger partial charge in [0, 0.05) is 0 Å². The molecule has 0 amide bonds. The molecule has 23 heavy (non-hydrogen) atoms. The molecule has 0 fully saturated rings. The molecule has 0 bridgehead atoms. The Balaban J connectivity index is 2.35. The monoisotopic (exact) mass is 427 g/mol. The molecule has 0 aliphatic carbocycles. The van der Waals surface area contributed by atoms with Crippen molar-refractivity contribution < 1.29 is 35.4 Å². The van der Waals surface area contributed by atoms with Gasteiger partial charge in [-0.15, -0.1) is 0 Å². The Morgan fingerprint density at radius 3 is 1.70 bits per heavy atom. The maximum absolute atomic E-state index is 5.55. The molecule has 0 N–H and O–H groups in total. The van der Waals surface area contributed by atoms with Gasteiger partial charge in [0.25, 0.3) is 0 Å². The van der Waals surface area contributed by atoms with Gasteiger partial charge in [-0.2, -0.15) is 0 Å². The first-order valence-corrected chi connectivity index (χ1v) is 9.60. The van der Waals surface area contributed by atoms with Crippen molar-refractivity contribution in [3.05, 3.63) is 49.1 Å². The van der Waals surface area contributed by atoms with Crippen molar-refractivity contribution in [2.24, 2.45) is 0 Å². The first kappa shape index (κ1) is 17.9. The molecular weight excluding hydrogens is 403 g/mol. The van der Waals surface area contributed by atoms with Crippen LogP contribution in [-0.4, -0.2) is 21.3 Å². The van der Waals surface area contributed by atoms with E-state index in [9.17, 15) is 0 Å². The fraction of sp³-hybridized carbons (Fsp3) is 0.368. The number of benzene rings is 2. The molecule has 0 aliphatic rings. The molecule has 0 atom stereocenters. The van der Waals surface area contributed by atoms with E-state index in [-0.39, 0.29) is 5.41 Å². The summed E-state index contributed by atoms with van der Waals surface area (Å²) < 4.78 is 18.9. The third kappa shape index (κ3) is 4.31. The van der Waals surface area contributed by atoms with Crippen LogP contribution in [0.5, 0.6) is 17.2 Å². The van der Waals surface area contributed by atoms with Crippen molar-refractivity contribution in [1.29, 1.82) is 0 Å². The number of hydrogen-bond acceptors (Lipinski definition) is 3. The normalized spacial score (nSPS) is 11.4. The Bertz CT molecular complexity index is 632. The summed E-state index contributed by atoms with van der Waals surface area (Å²) in [6.07, 6.45) is 0. The number of rotatable bonds is 5. The average Bonchev–Trinajstić information content (AvgIpc) is 2.54. The second-order valence-corrected chi connectivity index (χ2v) is 9.06. The molecule has 3 nitrogen and oxygen atoms in total. The van der Waals surface area contributed by atoms with E-state index in [4.69, 9.17) is 14.2 Å². The molecule has 2 aromatic carbocycles. The van der Waals surface area contributed by atoms with Gasteiger partial charge in [0.2, 0.25) is 0 Å². The quantitative estimate of drug-likeness (QED) is 0.671. The number of methoxy groups -OCH3 is 3. The zero-order valence-electron chi connectivity index (χ0n) is 14.6. The Kier molecular flexibility index (Phi) is 5.79. The average molecular weight is 427 g/mol. The summed E-state index contributed by atoms with van der Waals surface area (Å²) in [5.74, 6) is 2.40. The first-order chi connectivity index (χ1) is 10.9. The van der Waals surface area contributed by atoms with Crippen LogP contribution < -0.4 is 35.4 Å². The summed E-state index contributed by atoms with van der Waals surface area (Å²) in [5, 5.41) is 0. The number of hydrogen-bond donors (Lipinski definition) is 0. The molecule has 2 rings (SSSR count). The van der Waals surface area contributed by atoms with Gasteiger partial charge in [-0.25, -0.2) is 0 Å². The predicted octanol–water partition coefficient (Wildman–Crippen LogP) is 1.14. The van der Waals surface area contributed by atoms with Crippen LogP contribution in [0.15, 0.2) is 36.4 Å². The van der Waals surface area contributed by atoms with E-state index >= 15 is 0 Å². The van der Waals surface area contributed by atoms with Crippen LogP contribution in [0.4, 0.5) is 0 Å². The van der Waals surface area contributed by atoms with Gasteiger partial charge in [0.15, 0.2) is 0 Å². The van der Waals surface area contributed by atoms with E-state index in [2.05, 4.69) is 45.0 Å². The molecule has 0 aliphatic heterocycles. The zero-order chi connectivity index (χ0) is 17.0. The van der Waals surface area contributed by atoms with E-state index in [1.54, 1.807) is 21.3 Å². The molecule has 126 valence electrons. The predicted molar refractivity (Wildman–Crippen MR) is 88.6 cm³/mol. The molecule has 4 heteroatoms. The molecule has 0 saturated carbocycles. The number of ether oxygens (including phenoxy) is 3. The second kappa shape index (κ2) is 7.43. The van der Waals surface area contributed by atoms with Crippen LogP contribution in [0.2, 0.25) is 0 Å². The van der Waals surface area contributed by atoms with Gasteiger partial charge in [0.1, 0.15) is 0 Å². The van der Waals surface area contributed by atoms with Crippen LogP contribution in [0.3, 0.4) is 0 Å². The maximum atomic E-state index is 5.55. The van der Waals surface area contributed by atoms with E-state index < -0.39 is 21.2 Å². The van der Waals surface area contributed by atoms with Crippen LogP contribution in [-0.2, 0) is 5.41 Å². The second-order valence-electron chi connectivity index (χ2n) is 6.20. The van der Waals surface area contributed by atoms with Gasteiger partial charge in [-0.05, 0) is 0 Å². The fourth-order valence-electron chi connectivity index (χ4n) is 2.18. The van der Waals surface area contributed by atoms with Crippen molar-refractivity contribution in [1.82, 2.24) is 0 Å². The minimum absolute atomic E-state index is 0.173. The standard InChI is InChI=1S/C19H24IO3/c1-19(2,3)13-7-9-14(10-8-13)20-18-16(22-5)11-15(21-4)12-17(18)23-6/h7-12H,1-6H3/q-1. The van der Waals surface area contributed by atoms with Crippen molar-refractivity contribution in [2.45, 2.75) is 26.2 Å². The van der Waals surface area contributed by atoms with E-state index in [1.165, 1.54) is 9.13 Å². The summed E-state index contributed by atoms with van der Waals surface area (Å²) in [4.78, 5) is 0. The van der Waals surface area contributed by atoms with Crippen molar-refractivity contribution >= 4 is 0 Å². The Morgan fingerprint density at radius 1 is 0.783 bits per heavy atom. The molecular formula is C19H24IO3-. The third-order valence-electron chi connectivity index (χ3n) is 3.57. The molecule has 0 unspecified atom stereocenters. The van der Waals surface area contributed by atoms with Gasteiger partial charge >= 0.3 is 149 Å². The summed E-state index contributed by atoms with van der Waals surface area (Å²) >= 11 is -0.401. The zero-order valence-corrected chi connectivity index (χ0v) is 16.7. The summed E-state index contributed by atoms with van der Waals surface area (Å²) in [6.45, 7) is 6.69. The van der Waals surface area contributed by atoms with Crippen LogP contribution in [0, 0.1) is 7.14 Å². The molecule has 2 aromatic rings. The van der Waals surface area contributed by atoms with Crippen molar-refractivity contribution in [2.75, 3.05) is 21.3 Å². The Morgan fingerprint density at radius 2 is 1.30 bits per heavy atom. The van der Waals surface area contributed by atoms with Crippen LogP contribution in [0.1, 0.15) is 26.3 Å². The van der Waals surface area contributed by atoms with Gasteiger partial charge in [0.05, 0.1) is 0 Å². The fourth-order valence-corrected chi connectivity index (χ4v) is 4.80. The van der Waals surface area contributed by atoms with Gasteiger partial charge in [-0.3, -0.25) is 0 Å². The van der Waals surface area contributed by atoms with Crippen molar-refractivity contribution in [3.63, 3.8) is 0 Å². The minimum atomic E-state index is -0.401. The third-order valence-corrected chi connectivity index (χ3v) is 6.51. The number of halogens is 1. The topological polar surface area (TPSA) is 27.7 Å². The van der Waals surface area contributed by atoms with Crippen molar-refractivity contribution in [3.8, 4) is 17.2 Å². The Hall–Kier alpha value is -1.43. The van der Waals surface area contributed by atoms with E-state index in [0.717, 1.165) is 20.8 Å². The molecule has 0 spiro atoms. The van der Waals surface area contributed by atoms with Gasteiger partial charge < -0.3 is 0 Å². The van der Waals surface area contributed by atoms with E-state index in [1.807, 2.05) is 12.1 Å². The summed E-state index contributed by atoms with van der Waals surface area (Å²) in [5.41, 5.74) is 1.52. The molecule has 0 heterocycles. The molecule has 0 saturated heterocycles. The molecule has 0 radical (unpaired) electrons. The molecule has 0 aromatic heterocycles. The van der Waals surface area contributed by atoms with Crippen LogP contribution in [0.25, 0.3) is 0 Å². The first-order valence-electron chi connectivity index (χ1n) is 7.44. The van der Waals surface area contributed by atoms with Crippen LogP contribution >= 0.6 is 0 Å². The summed E-state index contributed by atoms with van der Waals surface area (Å²) in [7, 11) is 5.02. The van der Waals surface area contributed by atoms with Gasteiger partial charge in [-0.1, -0.05) is 0 Å².